The molecule has 45 heavy (non-hydrogen) atoms. The third-order valence-corrected chi connectivity index (χ3v) is 9.06. The van der Waals surface area contributed by atoms with Crippen LogP contribution in [0.25, 0.3) is 0 Å². The summed E-state index contributed by atoms with van der Waals surface area (Å²) >= 11 is 0. The quantitative estimate of drug-likeness (QED) is 0.0353. The minimum absolute atomic E-state index is 0.0203. The summed E-state index contributed by atoms with van der Waals surface area (Å²) in [6, 6.07) is 6.21. The summed E-state index contributed by atoms with van der Waals surface area (Å²) in [5.74, 6) is 5.31. The number of halogens is 2. The van der Waals surface area contributed by atoms with E-state index in [0.717, 1.165) is 0 Å². The van der Waals surface area contributed by atoms with Gasteiger partial charge in [0.2, 0.25) is 5.91 Å². The van der Waals surface area contributed by atoms with Crippen LogP contribution in [0.4, 0.5) is 8.78 Å². The van der Waals surface area contributed by atoms with Gasteiger partial charge in [-0.2, -0.15) is 14.6 Å². The molecule has 0 aromatic heterocycles. The molecule has 0 aliphatic carbocycles. The standard InChI is InChI=1S/C28H42BF2N4O8S2/c1-27(2,3)45-44-25(18-41-20-7-4-6-19(14-20)26(38)35-11-9-32)40-13-12-39-17-24(37)34-10-5-8-29-23-15-21(22(16-36)42-23)43-28(30,31)33/h4,6-7,14,21-23,25,36H,9-13,15-18,32-33H2,1-3H3,(H,34,37)(H,35,38)/t21-,22?,23-,25?/m1/s1. The largest absolute Gasteiger partial charge is 0.490 e. The van der Waals surface area contributed by atoms with E-state index in [0.29, 0.717) is 24.4 Å². The Morgan fingerprint density at radius 1 is 1.27 bits per heavy atom. The lowest BCUT2D eigenvalue weighted by Crippen LogP contribution is -2.40. The van der Waals surface area contributed by atoms with Crippen molar-refractivity contribution in [3.05, 3.63) is 29.8 Å². The second-order valence-corrected chi connectivity index (χ2v) is 13.8. The predicted octanol–water partition coefficient (Wildman–Crippen LogP) is 1.08. The first-order valence-electron chi connectivity index (χ1n) is 14.2. The molecule has 1 heterocycles. The monoisotopic (exact) mass is 675 g/mol. The molecule has 1 aromatic rings. The van der Waals surface area contributed by atoms with Crippen LogP contribution in [0.5, 0.6) is 5.75 Å². The fourth-order valence-electron chi connectivity index (χ4n) is 3.62. The fourth-order valence-corrected chi connectivity index (χ4v) is 5.82. The molecule has 0 saturated carbocycles. The fraction of sp³-hybridized carbons (Fsp3) is 0.643. The zero-order valence-electron chi connectivity index (χ0n) is 25.6. The van der Waals surface area contributed by atoms with Crippen molar-refractivity contribution in [2.24, 2.45) is 11.5 Å². The maximum Gasteiger partial charge on any atom is 0.420 e. The van der Waals surface area contributed by atoms with Gasteiger partial charge in [-0.25, -0.2) is 5.73 Å². The first kappa shape index (κ1) is 39.0. The molecule has 1 saturated heterocycles. The number of hydrogen-bond acceptors (Lipinski definition) is 12. The Hall–Kier alpha value is -2.14. The number of amides is 2. The number of nitrogens with two attached hydrogens (primary N) is 2. The number of benzene rings is 1. The number of ether oxygens (including phenoxy) is 5. The summed E-state index contributed by atoms with van der Waals surface area (Å²) in [7, 11) is 4.60. The highest BCUT2D eigenvalue weighted by atomic mass is 33.1. The molecule has 1 radical (unpaired) electrons. The average Bonchev–Trinajstić information content (AvgIpc) is 3.35. The summed E-state index contributed by atoms with van der Waals surface area (Å²) in [5, 5.41) is 14.6. The molecule has 0 bridgehead atoms. The Bertz CT molecular complexity index is 1120. The summed E-state index contributed by atoms with van der Waals surface area (Å²) in [6.45, 7) is 6.91. The van der Waals surface area contributed by atoms with Crippen LogP contribution in [0, 0.1) is 11.7 Å². The van der Waals surface area contributed by atoms with E-state index in [4.69, 9.17) is 24.7 Å². The minimum atomic E-state index is -3.83. The lowest BCUT2D eigenvalue weighted by Gasteiger charge is -2.22. The van der Waals surface area contributed by atoms with Crippen LogP contribution in [0.1, 0.15) is 37.6 Å². The van der Waals surface area contributed by atoms with Gasteiger partial charge < -0.3 is 45.2 Å². The van der Waals surface area contributed by atoms with Crippen molar-refractivity contribution >= 4 is 40.7 Å². The number of aliphatic hydroxyl groups is 1. The van der Waals surface area contributed by atoms with E-state index in [1.807, 2.05) is 0 Å². The van der Waals surface area contributed by atoms with Crippen molar-refractivity contribution in [3.8, 4) is 17.5 Å². The number of carbonyl (C=O) groups excluding carboxylic acids is 2. The Morgan fingerprint density at radius 2 is 2.04 bits per heavy atom. The molecule has 4 atom stereocenters. The van der Waals surface area contributed by atoms with E-state index in [2.05, 4.69) is 53.6 Å². The van der Waals surface area contributed by atoms with E-state index < -0.39 is 31.1 Å². The summed E-state index contributed by atoms with van der Waals surface area (Å²) in [6.07, 6.45) is -5.80. The van der Waals surface area contributed by atoms with Crippen molar-refractivity contribution in [1.29, 1.82) is 0 Å². The molecule has 2 rings (SSSR count). The van der Waals surface area contributed by atoms with Gasteiger partial charge in [0, 0.05) is 29.4 Å². The first-order valence-corrected chi connectivity index (χ1v) is 16.4. The molecular formula is C28H42BF2N4O8S2. The molecule has 1 fully saturated rings. The lowest BCUT2D eigenvalue weighted by molar-refractivity contribution is -0.266. The maximum atomic E-state index is 12.9. The van der Waals surface area contributed by atoms with E-state index in [9.17, 15) is 23.5 Å². The molecule has 2 amide bonds. The highest BCUT2D eigenvalue weighted by Crippen LogP contribution is 2.38. The van der Waals surface area contributed by atoms with Crippen LogP contribution >= 0.6 is 21.6 Å². The van der Waals surface area contributed by atoms with Gasteiger partial charge >= 0.3 is 6.23 Å². The average molecular weight is 676 g/mol. The first-order chi connectivity index (χ1) is 21.3. The van der Waals surface area contributed by atoms with Gasteiger partial charge in [-0.05, 0) is 24.6 Å². The molecule has 7 N–H and O–H groups in total. The number of alkyl halides is 2. The maximum absolute atomic E-state index is 12.9. The van der Waals surface area contributed by atoms with Crippen LogP contribution in [0.2, 0.25) is 0 Å². The second kappa shape index (κ2) is 20.2. The summed E-state index contributed by atoms with van der Waals surface area (Å²) in [5.41, 5.74) is 10.1. The highest BCUT2D eigenvalue weighted by molar-refractivity contribution is 8.77. The molecule has 12 nitrogen and oxygen atoms in total. The Labute approximate surface area is 271 Å². The summed E-state index contributed by atoms with van der Waals surface area (Å²) < 4.78 is 52.9. The third kappa shape index (κ3) is 17.4. The molecule has 17 heteroatoms. The Balaban J connectivity index is 1.69. The zero-order chi connectivity index (χ0) is 33.3. The lowest BCUT2D eigenvalue weighted by atomic mass is 9.71. The Morgan fingerprint density at radius 3 is 2.73 bits per heavy atom. The number of carbonyl (C=O) groups is 2. The zero-order valence-corrected chi connectivity index (χ0v) is 27.2. The SMILES string of the molecule is CC(C)(C)SSC(COc1cccc(C(=O)NCCN)c1)OCCOCC(=O)NCC#C[B][C@H]1C[C@@H](OC(N)(F)F)C(CO)O1. The Kier molecular flexibility index (Phi) is 17.5. The van der Waals surface area contributed by atoms with Crippen LogP contribution < -0.4 is 26.8 Å². The second-order valence-electron chi connectivity index (χ2n) is 10.6. The van der Waals surface area contributed by atoms with Gasteiger partial charge in [0.05, 0.1) is 32.5 Å². The molecular weight excluding hydrogens is 633 g/mol. The van der Waals surface area contributed by atoms with Crippen molar-refractivity contribution in [3.63, 3.8) is 0 Å². The van der Waals surface area contributed by atoms with Crippen LogP contribution in [-0.4, -0.2) is 111 Å². The van der Waals surface area contributed by atoms with Gasteiger partial charge in [0.1, 0.15) is 30.5 Å². The van der Waals surface area contributed by atoms with Gasteiger partial charge in [0.15, 0.2) is 0 Å². The van der Waals surface area contributed by atoms with E-state index >= 15 is 0 Å². The smallest absolute Gasteiger partial charge is 0.420 e. The predicted molar refractivity (Wildman–Crippen MR) is 170 cm³/mol. The molecule has 0 spiro atoms. The third-order valence-electron chi connectivity index (χ3n) is 5.54. The molecule has 1 aliphatic rings. The highest BCUT2D eigenvalue weighted by Gasteiger charge is 2.41. The van der Waals surface area contributed by atoms with Crippen molar-refractivity contribution in [1.82, 2.24) is 10.6 Å². The topological polar surface area (TPSA) is 177 Å². The van der Waals surface area contributed by atoms with Crippen LogP contribution in [0.3, 0.4) is 0 Å². The molecule has 2 unspecified atom stereocenters. The van der Waals surface area contributed by atoms with Crippen molar-refractivity contribution < 1.29 is 47.2 Å². The number of rotatable bonds is 19. The summed E-state index contributed by atoms with van der Waals surface area (Å²) in [4.78, 5) is 24.3. The molecule has 1 aliphatic heterocycles. The van der Waals surface area contributed by atoms with Crippen molar-refractivity contribution in [2.75, 3.05) is 52.7 Å². The number of aliphatic hydroxyl groups excluding tert-OH is 1. The van der Waals surface area contributed by atoms with E-state index in [-0.39, 0.29) is 61.4 Å². The molecule has 251 valence electrons. The van der Waals surface area contributed by atoms with Gasteiger partial charge in [-0.3, -0.25) is 9.59 Å². The van der Waals surface area contributed by atoms with Crippen molar-refractivity contribution in [2.45, 2.75) is 61.8 Å². The number of nitrogens with one attached hydrogen (secondary N) is 2. The van der Waals surface area contributed by atoms with Gasteiger partial charge in [-0.1, -0.05) is 54.3 Å². The van der Waals surface area contributed by atoms with E-state index in [1.165, 1.54) is 18.1 Å². The van der Waals surface area contributed by atoms with Crippen LogP contribution in [-0.2, 0) is 23.7 Å². The van der Waals surface area contributed by atoms with Gasteiger partial charge in [0.25, 0.3) is 13.2 Å². The number of hydrogen-bond donors (Lipinski definition) is 5. The van der Waals surface area contributed by atoms with E-state index in [1.54, 1.807) is 35.1 Å². The van der Waals surface area contributed by atoms with Crippen LogP contribution in [0.15, 0.2) is 24.3 Å². The normalized spacial score (nSPS) is 18.9. The molecule has 1 aromatic carbocycles. The van der Waals surface area contributed by atoms with Gasteiger partial charge in [-0.15, -0.1) is 0 Å². The minimum Gasteiger partial charge on any atom is -0.490 e.